The van der Waals surface area contributed by atoms with E-state index in [9.17, 15) is 0 Å². The molecule has 94 valence electrons. The smallest absolute Gasteiger partial charge is 0.0561 e. The third-order valence-corrected chi connectivity index (χ3v) is 6.10. The number of benzene rings is 1. The van der Waals surface area contributed by atoms with Gasteiger partial charge in [-0.1, -0.05) is 26.8 Å². The topological polar surface area (TPSA) is 0 Å². The van der Waals surface area contributed by atoms with E-state index in [0.717, 1.165) is 0 Å². The van der Waals surface area contributed by atoms with E-state index < -0.39 is 0 Å². The quantitative estimate of drug-likeness (QED) is 0.645. The molecule has 1 aliphatic heterocycles. The monoisotopic (exact) mass is 249 g/mol. The molecule has 0 unspecified atom stereocenters. The van der Waals surface area contributed by atoms with Gasteiger partial charge in [0.15, 0.2) is 4.90 Å². The second kappa shape index (κ2) is 5.06. The van der Waals surface area contributed by atoms with Crippen LogP contribution in [-0.2, 0) is 16.3 Å². The van der Waals surface area contributed by atoms with Crippen LogP contribution in [0.5, 0.6) is 0 Å². The molecule has 0 radical (unpaired) electrons. The fraction of sp³-hybridized carbons (Fsp3) is 0.625. The van der Waals surface area contributed by atoms with E-state index in [4.69, 9.17) is 0 Å². The third-order valence-electron chi connectivity index (χ3n) is 3.62. The average Bonchev–Trinajstić information content (AvgIpc) is 2.28. The third kappa shape index (κ3) is 3.07. The van der Waals surface area contributed by atoms with E-state index in [1.165, 1.54) is 41.9 Å². The van der Waals surface area contributed by atoms with Crippen molar-refractivity contribution in [3.63, 3.8) is 0 Å². The van der Waals surface area contributed by atoms with Gasteiger partial charge in [0.05, 0.1) is 0 Å². The van der Waals surface area contributed by atoms with Crippen molar-refractivity contribution in [3.8, 4) is 0 Å². The number of hydrogen-bond acceptors (Lipinski definition) is 0. The van der Waals surface area contributed by atoms with Crippen molar-refractivity contribution >= 4 is 10.9 Å². The summed E-state index contributed by atoms with van der Waals surface area (Å²) in [5.74, 6) is 2.85. The molecule has 0 N–H and O–H groups in total. The molecule has 2 rings (SSSR count). The summed E-state index contributed by atoms with van der Waals surface area (Å²) in [4.78, 5) is 1.61. The Morgan fingerprint density at radius 1 is 1.00 bits per heavy atom. The maximum absolute atomic E-state index is 2.45. The molecule has 0 bridgehead atoms. The van der Waals surface area contributed by atoms with E-state index >= 15 is 0 Å². The van der Waals surface area contributed by atoms with Gasteiger partial charge in [0.25, 0.3) is 0 Å². The van der Waals surface area contributed by atoms with Crippen molar-refractivity contribution in [2.75, 3.05) is 11.5 Å². The van der Waals surface area contributed by atoms with Gasteiger partial charge in [0.2, 0.25) is 0 Å². The molecule has 1 heterocycles. The van der Waals surface area contributed by atoms with Crippen molar-refractivity contribution in [1.82, 2.24) is 0 Å². The lowest BCUT2D eigenvalue weighted by Crippen LogP contribution is -2.19. The molecule has 1 heteroatoms. The molecule has 1 aromatic carbocycles. The van der Waals surface area contributed by atoms with Crippen LogP contribution in [0.3, 0.4) is 0 Å². The maximum Gasteiger partial charge on any atom is 0.155 e. The molecule has 1 aliphatic rings. The minimum atomic E-state index is 0.276. The van der Waals surface area contributed by atoms with E-state index in [-0.39, 0.29) is 5.41 Å². The van der Waals surface area contributed by atoms with E-state index in [2.05, 4.69) is 45.9 Å². The van der Waals surface area contributed by atoms with Crippen LogP contribution in [0.4, 0.5) is 0 Å². The zero-order chi connectivity index (χ0) is 12.5. The normalized spacial score (nSPS) is 18.4. The molecular formula is C16H25S+. The molecule has 0 atom stereocenters. The summed E-state index contributed by atoms with van der Waals surface area (Å²) < 4.78 is 0. The van der Waals surface area contributed by atoms with Crippen LogP contribution in [0, 0.1) is 6.92 Å². The van der Waals surface area contributed by atoms with Crippen LogP contribution < -0.4 is 0 Å². The molecule has 0 aliphatic carbocycles. The standard InChI is InChI=1S/C16H25S/c1-13-12-14(17-10-6-5-7-11-17)8-9-15(13)16(2,3)4/h8-9,12H,5-7,10-11H2,1-4H3/q+1. The lowest BCUT2D eigenvalue weighted by molar-refractivity contribution is 0.585. The van der Waals surface area contributed by atoms with Gasteiger partial charge in [-0.2, -0.15) is 0 Å². The second-order valence-electron chi connectivity index (χ2n) is 6.19. The van der Waals surface area contributed by atoms with Crippen molar-refractivity contribution in [3.05, 3.63) is 29.3 Å². The van der Waals surface area contributed by atoms with Crippen LogP contribution in [-0.4, -0.2) is 11.5 Å². The lowest BCUT2D eigenvalue weighted by Gasteiger charge is -2.22. The van der Waals surface area contributed by atoms with Crippen molar-refractivity contribution in [2.45, 2.75) is 57.3 Å². The molecule has 1 fully saturated rings. The highest BCUT2D eigenvalue weighted by Gasteiger charge is 2.26. The van der Waals surface area contributed by atoms with Gasteiger partial charge in [0.1, 0.15) is 11.5 Å². The first-order chi connectivity index (χ1) is 7.98. The number of rotatable bonds is 1. The predicted molar refractivity (Wildman–Crippen MR) is 79.1 cm³/mol. The first kappa shape index (κ1) is 13.0. The first-order valence-corrected chi connectivity index (χ1v) is 8.33. The summed E-state index contributed by atoms with van der Waals surface area (Å²) in [6.45, 7) is 9.19. The molecule has 0 aromatic heterocycles. The van der Waals surface area contributed by atoms with Gasteiger partial charge >= 0.3 is 0 Å². The first-order valence-electron chi connectivity index (χ1n) is 6.77. The zero-order valence-corrected chi connectivity index (χ0v) is 12.5. The molecule has 0 saturated carbocycles. The molecule has 1 saturated heterocycles. The predicted octanol–water partition coefficient (Wildman–Crippen LogP) is 4.45. The highest BCUT2D eigenvalue weighted by molar-refractivity contribution is 7.96. The van der Waals surface area contributed by atoms with E-state index in [1.54, 1.807) is 4.90 Å². The molecule has 0 amide bonds. The van der Waals surface area contributed by atoms with Crippen LogP contribution in [0.2, 0.25) is 0 Å². The van der Waals surface area contributed by atoms with Crippen molar-refractivity contribution in [1.29, 1.82) is 0 Å². The average molecular weight is 249 g/mol. The summed E-state index contributed by atoms with van der Waals surface area (Å²) in [6.07, 6.45) is 4.31. The van der Waals surface area contributed by atoms with Gasteiger partial charge < -0.3 is 0 Å². The highest BCUT2D eigenvalue weighted by Crippen LogP contribution is 2.29. The molecule has 17 heavy (non-hydrogen) atoms. The Labute approximate surface area is 109 Å². The number of hydrogen-bond donors (Lipinski definition) is 0. The Kier molecular flexibility index (Phi) is 3.87. The zero-order valence-electron chi connectivity index (χ0n) is 11.7. The molecule has 1 aromatic rings. The van der Waals surface area contributed by atoms with Crippen LogP contribution in [0.15, 0.2) is 23.1 Å². The highest BCUT2D eigenvalue weighted by atomic mass is 32.2. The van der Waals surface area contributed by atoms with E-state index in [0.29, 0.717) is 10.9 Å². The van der Waals surface area contributed by atoms with Gasteiger partial charge in [-0.15, -0.1) is 0 Å². The van der Waals surface area contributed by atoms with Gasteiger partial charge in [-0.3, -0.25) is 0 Å². The Hall–Kier alpha value is -0.430. The largest absolute Gasteiger partial charge is 0.155 e. The van der Waals surface area contributed by atoms with E-state index in [1.807, 2.05) is 0 Å². The van der Waals surface area contributed by atoms with Gasteiger partial charge in [-0.25, -0.2) is 0 Å². The fourth-order valence-corrected chi connectivity index (χ4v) is 5.11. The summed E-state index contributed by atoms with van der Waals surface area (Å²) in [7, 11) is 0.547. The Bertz CT molecular complexity index is 381. The Morgan fingerprint density at radius 3 is 2.18 bits per heavy atom. The Morgan fingerprint density at radius 2 is 1.65 bits per heavy atom. The van der Waals surface area contributed by atoms with Crippen LogP contribution in [0.25, 0.3) is 0 Å². The molecule has 0 nitrogen and oxygen atoms in total. The number of aryl methyl sites for hydroxylation is 1. The van der Waals surface area contributed by atoms with Crippen molar-refractivity contribution < 1.29 is 0 Å². The second-order valence-corrected chi connectivity index (χ2v) is 8.46. The van der Waals surface area contributed by atoms with Crippen molar-refractivity contribution in [2.24, 2.45) is 0 Å². The summed E-state index contributed by atoms with van der Waals surface area (Å²) in [5.41, 5.74) is 3.26. The SMILES string of the molecule is Cc1cc([S+]2CCCCC2)ccc1C(C)(C)C. The van der Waals surface area contributed by atoms with Gasteiger partial charge in [-0.05, 0) is 54.9 Å². The summed E-state index contributed by atoms with van der Waals surface area (Å²) in [6, 6.07) is 7.21. The van der Waals surface area contributed by atoms with Crippen LogP contribution >= 0.6 is 0 Å². The van der Waals surface area contributed by atoms with Gasteiger partial charge in [0, 0.05) is 10.9 Å². The minimum absolute atomic E-state index is 0.276. The minimum Gasteiger partial charge on any atom is -0.0561 e. The summed E-state index contributed by atoms with van der Waals surface area (Å²) >= 11 is 0. The molecular weight excluding hydrogens is 224 g/mol. The summed E-state index contributed by atoms with van der Waals surface area (Å²) in [5, 5.41) is 0. The fourth-order valence-electron chi connectivity index (χ4n) is 2.72. The lowest BCUT2D eigenvalue weighted by atomic mass is 9.84. The maximum atomic E-state index is 2.45. The van der Waals surface area contributed by atoms with Crippen LogP contribution in [0.1, 0.15) is 51.2 Å². The Balaban J connectivity index is 2.24. The molecule has 0 spiro atoms.